The SMILES string of the molecule is CCOc1cccc(/C=N/NC(=O)c2ccc(F)cc2)c1O. The van der Waals surface area contributed by atoms with E-state index in [9.17, 15) is 14.3 Å². The molecule has 0 aliphatic carbocycles. The Bertz CT molecular complexity index is 684. The van der Waals surface area contributed by atoms with Crippen LogP contribution in [-0.4, -0.2) is 23.8 Å². The smallest absolute Gasteiger partial charge is 0.271 e. The number of hydrogen-bond acceptors (Lipinski definition) is 4. The summed E-state index contributed by atoms with van der Waals surface area (Å²) < 4.78 is 18.0. The standard InChI is InChI=1S/C16H15FN2O3/c1-2-22-14-5-3-4-12(15(14)20)10-18-19-16(21)11-6-8-13(17)9-7-11/h3-10,20H,2H2,1H3,(H,19,21)/b18-10+. The second-order valence-electron chi connectivity index (χ2n) is 4.33. The summed E-state index contributed by atoms with van der Waals surface area (Å²) in [6.07, 6.45) is 1.30. The Morgan fingerprint density at radius 1 is 1.32 bits per heavy atom. The van der Waals surface area contributed by atoms with Crippen LogP contribution in [0.3, 0.4) is 0 Å². The van der Waals surface area contributed by atoms with Crippen LogP contribution in [-0.2, 0) is 0 Å². The maximum Gasteiger partial charge on any atom is 0.271 e. The van der Waals surface area contributed by atoms with Gasteiger partial charge in [0.1, 0.15) is 5.82 Å². The molecule has 1 amide bonds. The third kappa shape index (κ3) is 3.82. The van der Waals surface area contributed by atoms with E-state index in [4.69, 9.17) is 4.74 Å². The lowest BCUT2D eigenvalue weighted by atomic mass is 10.2. The number of ether oxygens (including phenoxy) is 1. The van der Waals surface area contributed by atoms with Crippen molar-refractivity contribution in [3.05, 3.63) is 59.4 Å². The van der Waals surface area contributed by atoms with E-state index >= 15 is 0 Å². The van der Waals surface area contributed by atoms with Gasteiger partial charge in [0.05, 0.1) is 12.8 Å². The van der Waals surface area contributed by atoms with Crippen LogP contribution >= 0.6 is 0 Å². The van der Waals surface area contributed by atoms with Crippen molar-refractivity contribution in [2.75, 3.05) is 6.61 Å². The van der Waals surface area contributed by atoms with E-state index in [0.717, 1.165) is 0 Å². The maximum atomic E-state index is 12.8. The number of hydrazone groups is 1. The summed E-state index contributed by atoms with van der Waals surface area (Å²) in [6, 6.07) is 10.1. The summed E-state index contributed by atoms with van der Waals surface area (Å²) in [5.74, 6) is -0.602. The molecule has 0 aromatic heterocycles. The van der Waals surface area contributed by atoms with Crippen molar-refractivity contribution in [1.82, 2.24) is 5.43 Å². The largest absolute Gasteiger partial charge is 0.504 e. The molecule has 0 bridgehead atoms. The minimum absolute atomic E-state index is 0.0517. The lowest BCUT2D eigenvalue weighted by molar-refractivity contribution is 0.0955. The maximum absolute atomic E-state index is 12.8. The van der Waals surface area contributed by atoms with Gasteiger partial charge in [0.25, 0.3) is 5.91 Å². The van der Waals surface area contributed by atoms with Crippen molar-refractivity contribution < 1.29 is 19.0 Å². The second-order valence-corrected chi connectivity index (χ2v) is 4.33. The summed E-state index contributed by atoms with van der Waals surface area (Å²) >= 11 is 0. The minimum atomic E-state index is -0.475. The molecule has 5 nitrogen and oxygen atoms in total. The number of phenolic OH excluding ortho intramolecular Hbond substituents is 1. The molecule has 2 rings (SSSR count). The van der Waals surface area contributed by atoms with E-state index in [1.54, 1.807) is 18.2 Å². The van der Waals surface area contributed by atoms with Gasteiger partial charge in [-0.15, -0.1) is 0 Å². The number of phenols is 1. The fourth-order valence-electron chi connectivity index (χ4n) is 1.74. The molecule has 0 heterocycles. The first-order valence-electron chi connectivity index (χ1n) is 6.65. The van der Waals surface area contributed by atoms with Crippen LogP contribution < -0.4 is 10.2 Å². The first-order chi connectivity index (χ1) is 10.6. The molecule has 0 aliphatic rings. The number of para-hydroxylation sites is 1. The van der Waals surface area contributed by atoms with Gasteiger partial charge in [-0.05, 0) is 43.3 Å². The summed E-state index contributed by atoms with van der Waals surface area (Å²) in [4.78, 5) is 11.8. The lowest BCUT2D eigenvalue weighted by Gasteiger charge is -2.07. The van der Waals surface area contributed by atoms with E-state index in [1.807, 2.05) is 6.92 Å². The molecule has 0 unspecified atom stereocenters. The quantitative estimate of drug-likeness (QED) is 0.659. The molecule has 2 N–H and O–H groups in total. The Hall–Kier alpha value is -2.89. The normalized spacial score (nSPS) is 10.6. The number of amides is 1. The molecule has 22 heavy (non-hydrogen) atoms. The fourth-order valence-corrected chi connectivity index (χ4v) is 1.74. The Kier molecular flexibility index (Phi) is 5.08. The molecule has 0 aliphatic heterocycles. The zero-order valence-electron chi connectivity index (χ0n) is 11.9. The average Bonchev–Trinajstić information content (AvgIpc) is 2.51. The topological polar surface area (TPSA) is 70.9 Å². The summed E-state index contributed by atoms with van der Waals surface area (Å²) in [7, 11) is 0. The van der Waals surface area contributed by atoms with Crippen molar-refractivity contribution in [1.29, 1.82) is 0 Å². The number of aromatic hydroxyl groups is 1. The zero-order valence-corrected chi connectivity index (χ0v) is 11.9. The first-order valence-corrected chi connectivity index (χ1v) is 6.65. The number of benzene rings is 2. The number of nitrogens with one attached hydrogen (secondary N) is 1. The molecule has 2 aromatic carbocycles. The molecule has 114 valence electrons. The van der Waals surface area contributed by atoms with E-state index < -0.39 is 11.7 Å². The van der Waals surface area contributed by atoms with Crippen molar-refractivity contribution in [3.63, 3.8) is 0 Å². The van der Waals surface area contributed by atoms with Gasteiger partial charge in [-0.3, -0.25) is 4.79 Å². The molecule has 0 radical (unpaired) electrons. The zero-order chi connectivity index (χ0) is 15.9. The van der Waals surface area contributed by atoms with Crippen LogP contribution in [0.1, 0.15) is 22.8 Å². The summed E-state index contributed by atoms with van der Waals surface area (Å²) in [5, 5.41) is 13.7. The minimum Gasteiger partial charge on any atom is -0.504 e. The number of carbonyl (C=O) groups is 1. The van der Waals surface area contributed by atoms with Crippen LogP contribution in [0.4, 0.5) is 4.39 Å². The van der Waals surface area contributed by atoms with Gasteiger partial charge in [-0.1, -0.05) is 6.07 Å². The van der Waals surface area contributed by atoms with E-state index in [1.165, 1.54) is 30.5 Å². The van der Waals surface area contributed by atoms with Crippen LogP contribution in [0.25, 0.3) is 0 Å². The third-order valence-corrected chi connectivity index (χ3v) is 2.81. The van der Waals surface area contributed by atoms with Crippen molar-refractivity contribution in [2.45, 2.75) is 6.92 Å². The van der Waals surface area contributed by atoms with Gasteiger partial charge in [0.2, 0.25) is 0 Å². The summed E-state index contributed by atoms with van der Waals surface area (Å²) in [5.41, 5.74) is 2.99. The second kappa shape index (κ2) is 7.21. The Balaban J connectivity index is 2.05. The van der Waals surface area contributed by atoms with Crippen molar-refractivity contribution in [2.24, 2.45) is 5.10 Å². The molecular formula is C16H15FN2O3. The van der Waals surface area contributed by atoms with Gasteiger partial charge < -0.3 is 9.84 Å². The predicted molar refractivity (Wildman–Crippen MR) is 80.7 cm³/mol. The third-order valence-electron chi connectivity index (χ3n) is 2.81. The molecule has 2 aromatic rings. The predicted octanol–water partition coefficient (Wildman–Crippen LogP) is 2.69. The highest BCUT2D eigenvalue weighted by atomic mass is 19.1. The molecule has 0 spiro atoms. The molecule has 0 fully saturated rings. The van der Waals surface area contributed by atoms with Gasteiger partial charge in [0.15, 0.2) is 11.5 Å². The Labute approximate surface area is 127 Å². The summed E-state index contributed by atoms with van der Waals surface area (Å²) in [6.45, 7) is 2.23. The van der Waals surface area contributed by atoms with Crippen molar-refractivity contribution >= 4 is 12.1 Å². The molecular weight excluding hydrogens is 287 g/mol. The number of nitrogens with zero attached hydrogens (tertiary/aromatic N) is 1. The molecule has 6 heteroatoms. The number of halogens is 1. The lowest BCUT2D eigenvalue weighted by Crippen LogP contribution is -2.17. The van der Waals surface area contributed by atoms with Crippen LogP contribution in [0.15, 0.2) is 47.6 Å². The van der Waals surface area contributed by atoms with Crippen LogP contribution in [0, 0.1) is 5.82 Å². The number of rotatable bonds is 5. The van der Waals surface area contributed by atoms with Gasteiger partial charge in [-0.25, -0.2) is 9.82 Å². The van der Waals surface area contributed by atoms with Gasteiger partial charge >= 0.3 is 0 Å². The van der Waals surface area contributed by atoms with Crippen molar-refractivity contribution in [3.8, 4) is 11.5 Å². The van der Waals surface area contributed by atoms with E-state index in [0.29, 0.717) is 17.9 Å². The molecule has 0 saturated heterocycles. The van der Waals surface area contributed by atoms with Gasteiger partial charge in [0, 0.05) is 11.1 Å². The van der Waals surface area contributed by atoms with Crippen LogP contribution in [0.2, 0.25) is 0 Å². The monoisotopic (exact) mass is 302 g/mol. The highest BCUT2D eigenvalue weighted by molar-refractivity contribution is 5.95. The Morgan fingerprint density at radius 3 is 2.73 bits per heavy atom. The fraction of sp³-hybridized carbons (Fsp3) is 0.125. The van der Waals surface area contributed by atoms with E-state index in [2.05, 4.69) is 10.5 Å². The highest BCUT2D eigenvalue weighted by Crippen LogP contribution is 2.28. The highest BCUT2D eigenvalue weighted by Gasteiger charge is 2.07. The molecule has 0 atom stereocenters. The van der Waals surface area contributed by atoms with Crippen LogP contribution in [0.5, 0.6) is 11.5 Å². The number of hydrogen-bond donors (Lipinski definition) is 2. The first kappa shape index (κ1) is 15.5. The van der Waals surface area contributed by atoms with E-state index in [-0.39, 0.29) is 11.3 Å². The number of carbonyl (C=O) groups excluding carboxylic acids is 1. The van der Waals surface area contributed by atoms with Gasteiger partial charge in [-0.2, -0.15) is 5.10 Å². The molecule has 0 saturated carbocycles. The average molecular weight is 302 g/mol. The Morgan fingerprint density at radius 2 is 2.05 bits per heavy atom.